The molecule has 10 nitrogen and oxygen atoms in total. The molecule has 0 N–H and O–H groups in total. The van der Waals surface area contributed by atoms with E-state index in [1.165, 1.54) is 24.3 Å². The molecule has 2 heterocycles. The number of halogens is 5. The molecule has 2 aliphatic rings. The van der Waals surface area contributed by atoms with Crippen LogP contribution < -0.4 is 9.21 Å². The highest BCUT2D eigenvalue weighted by atomic mass is 35.5. The van der Waals surface area contributed by atoms with Crippen LogP contribution in [0, 0.1) is 5.82 Å². The van der Waals surface area contributed by atoms with E-state index in [2.05, 4.69) is 0 Å². The summed E-state index contributed by atoms with van der Waals surface area (Å²) in [6.07, 6.45) is -3.17. The Bertz CT molecular complexity index is 1840. The Morgan fingerprint density at radius 2 is 1.73 bits per heavy atom. The predicted molar refractivity (Wildman–Crippen MR) is 174 cm³/mol. The van der Waals surface area contributed by atoms with Gasteiger partial charge in [-0.25, -0.2) is 17.6 Å². The van der Waals surface area contributed by atoms with Gasteiger partial charge in [0.1, 0.15) is 5.82 Å². The van der Waals surface area contributed by atoms with Crippen molar-refractivity contribution in [3.8, 4) is 0 Å². The van der Waals surface area contributed by atoms with Gasteiger partial charge in [0.25, 0.3) is 10.0 Å². The fourth-order valence-electron chi connectivity index (χ4n) is 5.55. The second-order valence-electron chi connectivity index (χ2n) is 11.6. The Kier molecular flexibility index (Phi) is 10.7. The van der Waals surface area contributed by atoms with Gasteiger partial charge in [-0.05, 0) is 68.0 Å². The largest absolute Gasteiger partial charge is 0.511 e. The van der Waals surface area contributed by atoms with Crippen molar-refractivity contribution >= 4 is 57.3 Å². The van der Waals surface area contributed by atoms with Crippen LogP contribution >= 0.6 is 11.6 Å². The lowest BCUT2D eigenvalue weighted by Gasteiger charge is -2.49. The van der Waals surface area contributed by atoms with E-state index < -0.39 is 63.5 Å². The molecule has 0 radical (unpaired) electrons. The van der Waals surface area contributed by atoms with Gasteiger partial charge >= 0.3 is 18.3 Å². The van der Waals surface area contributed by atoms with Crippen LogP contribution in [0.2, 0.25) is 5.02 Å². The van der Waals surface area contributed by atoms with E-state index in [-0.39, 0.29) is 35.9 Å². The van der Waals surface area contributed by atoms with Crippen LogP contribution in [0.1, 0.15) is 30.5 Å². The average Bonchev–Trinajstić information content (AvgIpc) is 3.03. The van der Waals surface area contributed by atoms with E-state index in [0.717, 1.165) is 22.5 Å². The summed E-state index contributed by atoms with van der Waals surface area (Å²) >= 11 is 6.16. The quantitative estimate of drug-likeness (QED) is 0.107. The van der Waals surface area contributed by atoms with Crippen LogP contribution in [-0.2, 0) is 35.2 Å². The first kappa shape index (κ1) is 36.0. The van der Waals surface area contributed by atoms with Crippen molar-refractivity contribution in [3.05, 3.63) is 88.2 Å². The second kappa shape index (κ2) is 14.6. The van der Waals surface area contributed by atoms with Gasteiger partial charge in [-0.15, -0.1) is 0 Å². The highest BCUT2D eigenvalue weighted by molar-refractivity contribution is 7.92. The predicted octanol–water partition coefficient (Wildman–Crippen LogP) is 6.43. The highest BCUT2D eigenvalue weighted by Gasteiger charge is 2.41. The summed E-state index contributed by atoms with van der Waals surface area (Å²) < 4.78 is 98.9. The summed E-state index contributed by atoms with van der Waals surface area (Å²) in [5, 5.41) is 0.175. The molecule has 0 aliphatic carbocycles. The Morgan fingerprint density at radius 1 is 0.980 bits per heavy atom. The van der Waals surface area contributed by atoms with E-state index in [9.17, 15) is 35.6 Å². The lowest BCUT2D eigenvalue weighted by Crippen LogP contribution is -2.61. The van der Waals surface area contributed by atoms with Gasteiger partial charge < -0.3 is 19.1 Å². The number of carbonyl (C=O) groups excluding carboxylic acids is 2. The number of alkyl halides is 3. The molecule has 0 amide bonds. The fraction of sp³-hybridized carbons (Fsp3) is 0.333. The minimum absolute atomic E-state index is 0.132. The molecule has 262 valence electrons. The second-order valence-corrected chi connectivity index (χ2v) is 13.8. The number of rotatable bonds is 9. The van der Waals surface area contributed by atoms with Gasteiger partial charge in [-0.1, -0.05) is 35.9 Å². The number of carbonyl (C=O) groups is 2. The first-order valence-corrected chi connectivity index (χ1v) is 16.9. The number of piperazine rings is 1. The van der Waals surface area contributed by atoms with Crippen LogP contribution in [-0.4, -0.2) is 77.1 Å². The van der Waals surface area contributed by atoms with Gasteiger partial charge in [-0.3, -0.25) is 14.0 Å². The topological polar surface area (TPSA) is 106 Å². The molecule has 1 fully saturated rings. The number of nitrogens with zero attached hydrogens (tertiary/aromatic N) is 3. The average molecular weight is 726 g/mol. The molecule has 5 rings (SSSR count). The molecule has 2 aliphatic heterocycles. The molecule has 3 aromatic rings. The van der Waals surface area contributed by atoms with Crippen LogP contribution in [0.4, 0.5) is 33.7 Å². The van der Waals surface area contributed by atoms with E-state index in [1.807, 2.05) is 4.90 Å². The zero-order chi connectivity index (χ0) is 35.5. The molecule has 49 heavy (non-hydrogen) atoms. The monoisotopic (exact) mass is 725 g/mol. The van der Waals surface area contributed by atoms with Crippen molar-refractivity contribution < 1.29 is 49.8 Å². The van der Waals surface area contributed by atoms with Gasteiger partial charge in [-0.2, -0.15) is 13.2 Å². The normalized spacial score (nSPS) is 16.8. The number of hydrogen-bond acceptors (Lipinski definition) is 9. The lowest BCUT2D eigenvalue weighted by atomic mass is 10.0. The molecule has 0 unspecified atom stereocenters. The number of ether oxygens (including phenoxy) is 3. The highest BCUT2D eigenvalue weighted by Crippen LogP contribution is 2.41. The number of anilines is 2. The maximum Gasteiger partial charge on any atom is 0.511 e. The summed E-state index contributed by atoms with van der Waals surface area (Å²) in [4.78, 5) is 27.2. The number of esters is 1. The summed E-state index contributed by atoms with van der Waals surface area (Å²) in [5.41, 5.74) is 0.226. The maximum atomic E-state index is 14.4. The zero-order valence-electron chi connectivity index (χ0n) is 26.3. The summed E-state index contributed by atoms with van der Waals surface area (Å²) in [6, 6.07) is 12.2. The smallest absolute Gasteiger partial charge is 0.431 e. The standard InChI is InChI=1S/C33H32ClF4N3O7S/c1-21(2)48-32(43)47-20-46-31(42)19-39-13-14-40-24(17-39)18-41(49(44,45)25-6-3-5-23(16-25)33(36,37)38)30-15-22(10-12-29(30)40)9-11-26-27(34)7-4-8-28(26)35/h3-12,15-16,21,24H,13-14,17-20H2,1-2H3/b11-9+/t24-/m0/s1. The van der Waals surface area contributed by atoms with Gasteiger partial charge in [0, 0.05) is 25.2 Å². The Hall–Kier alpha value is -4.34. The number of sulfonamides is 1. The fourth-order valence-corrected chi connectivity index (χ4v) is 7.33. The molecule has 0 bridgehead atoms. The Labute approximate surface area is 285 Å². The van der Waals surface area contributed by atoms with Crippen LogP contribution in [0.5, 0.6) is 0 Å². The first-order valence-electron chi connectivity index (χ1n) is 15.1. The molecule has 0 aromatic heterocycles. The number of hydrogen-bond donors (Lipinski definition) is 0. The minimum Gasteiger partial charge on any atom is -0.431 e. The van der Waals surface area contributed by atoms with Crippen molar-refractivity contribution in [1.29, 1.82) is 0 Å². The third-order valence-corrected chi connectivity index (χ3v) is 9.90. The van der Waals surface area contributed by atoms with E-state index in [4.69, 9.17) is 25.8 Å². The van der Waals surface area contributed by atoms with Crippen LogP contribution in [0.25, 0.3) is 12.2 Å². The maximum absolute atomic E-state index is 14.4. The number of fused-ring (bicyclic) bond motifs is 3. The summed E-state index contributed by atoms with van der Waals surface area (Å²) in [6.45, 7) is 3.22. The minimum atomic E-state index is -4.77. The van der Waals surface area contributed by atoms with Crippen molar-refractivity contribution in [2.24, 2.45) is 0 Å². The Morgan fingerprint density at radius 3 is 2.45 bits per heavy atom. The number of benzene rings is 3. The summed E-state index contributed by atoms with van der Waals surface area (Å²) in [5.74, 6) is -1.25. The first-order chi connectivity index (χ1) is 23.1. The molecular weight excluding hydrogens is 694 g/mol. The molecule has 3 aromatic carbocycles. The van der Waals surface area contributed by atoms with Crippen LogP contribution in [0.15, 0.2) is 65.6 Å². The lowest BCUT2D eigenvalue weighted by molar-refractivity contribution is -0.155. The van der Waals surface area contributed by atoms with E-state index in [1.54, 1.807) is 43.0 Å². The summed E-state index contributed by atoms with van der Waals surface area (Å²) in [7, 11) is -4.54. The molecule has 0 saturated carbocycles. The van der Waals surface area contributed by atoms with Gasteiger partial charge in [0.15, 0.2) is 0 Å². The van der Waals surface area contributed by atoms with Crippen molar-refractivity contribution in [2.45, 2.75) is 37.1 Å². The van der Waals surface area contributed by atoms with Gasteiger partial charge in [0.2, 0.25) is 6.79 Å². The van der Waals surface area contributed by atoms with E-state index in [0.29, 0.717) is 30.4 Å². The third-order valence-electron chi connectivity index (χ3n) is 7.79. The third kappa shape index (κ3) is 8.46. The molecular formula is C33H32ClF4N3O7S. The van der Waals surface area contributed by atoms with Crippen molar-refractivity contribution in [1.82, 2.24) is 4.90 Å². The SMILES string of the molecule is CC(C)OC(=O)OCOC(=O)CN1CCN2c3ccc(/C=C/c4c(F)cccc4Cl)cc3N(S(=O)(=O)c3cccc(C(F)(F)F)c3)C[C@@H]2C1. The zero-order valence-corrected chi connectivity index (χ0v) is 27.9. The molecule has 16 heteroatoms. The van der Waals surface area contributed by atoms with Gasteiger partial charge in [0.05, 0.1) is 52.1 Å². The molecule has 1 atom stereocenters. The molecule has 1 saturated heterocycles. The van der Waals surface area contributed by atoms with E-state index >= 15 is 0 Å². The Balaban J connectivity index is 1.42. The molecule has 0 spiro atoms. The van der Waals surface area contributed by atoms with Crippen molar-refractivity contribution in [3.63, 3.8) is 0 Å². The van der Waals surface area contributed by atoms with Crippen LogP contribution in [0.3, 0.4) is 0 Å². The van der Waals surface area contributed by atoms with Crippen molar-refractivity contribution in [2.75, 3.05) is 48.7 Å².